The molecule has 1 rings (SSSR count). The van der Waals surface area contributed by atoms with Crippen molar-refractivity contribution >= 4 is 5.69 Å². The molecule has 1 aromatic carbocycles. The molecule has 0 amide bonds. The van der Waals surface area contributed by atoms with Gasteiger partial charge in [0.05, 0.1) is 0 Å². The molecular formula is C18H32N2O. The Labute approximate surface area is 130 Å². The Bertz CT molecular complexity index is 383. The Morgan fingerprint density at radius 3 is 2.24 bits per heavy atom. The minimum atomic E-state index is 0.240. The van der Waals surface area contributed by atoms with Crippen molar-refractivity contribution in [1.29, 1.82) is 0 Å². The summed E-state index contributed by atoms with van der Waals surface area (Å²) >= 11 is 0. The SMILES string of the molecule is CCN(CC)c1ccc(CNCC(C)(C)CCCO)cc1. The summed E-state index contributed by atoms with van der Waals surface area (Å²) in [7, 11) is 0. The van der Waals surface area contributed by atoms with Crippen LogP contribution in [0.15, 0.2) is 24.3 Å². The molecule has 0 spiro atoms. The van der Waals surface area contributed by atoms with E-state index < -0.39 is 0 Å². The van der Waals surface area contributed by atoms with Crippen LogP contribution < -0.4 is 10.2 Å². The molecule has 120 valence electrons. The van der Waals surface area contributed by atoms with Gasteiger partial charge >= 0.3 is 0 Å². The number of nitrogens with one attached hydrogen (secondary N) is 1. The van der Waals surface area contributed by atoms with Gasteiger partial charge in [-0.05, 0) is 49.8 Å². The molecule has 0 aliphatic heterocycles. The molecule has 0 bridgehead atoms. The number of aliphatic hydroxyl groups excluding tert-OH is 1. The van der Waals surface area contributed by atoms with Crippen LogP contribution in [0, 0.1) is 5.41 Å². The number of benzene rings is 1. The minimum Gasteiger partial charge on any atom is -0.396 e. The highest BCUT2D eigenvalue weighted by atomic mass is 16.2. The van der Waals surface area contributed by atoms with E-state index in [2.05, 4.69) is 62.2 Å². The smallest absolute Gasteiger partial charge is 0.0431 e. The predicted octanol–water partition coefficient (Wildman–Crippen LogP) is 3.42. The van der Waals surface area contributed by atoms with E-state index in [1.54, 1.807) is 0 Å². The van der Waals surface area contributed by atoms with Gasteiger partial charge in [0.25, 0.3) is 0 Å². The van der Waals surface area contributed by atoms with Gasteiger partial charge in [0, 0.05) is 38.5 Å². The summed E-state index contributed by atoms with van der Waals surface area (Å²) in [6.07, 6.45) is 1.94. The normalized spacial score (nSPS) is 11.7. The third-order valence-corrected chi connectivity index (χ3v) is 4.01. The highest BCUT2D eigenvalue weighted by Crippen LogP contribution is 2.21. The van der Waals surface area contributed by atoms with Gasteiger partial charge < -0.3 is 15.3 Å². The van der Waals surface area contributed by atoms with E-state index in [1.807, 2.05) is 0 Å². The average molecular weight is 292 g/mol. The molecule has 0 saturated heterocycles. The van der Waals surface area contributed by atoms with Gasteiger partial charge in [-0.25, -0.2) is 0 Å². The Hall–Kier alpha value is -1.06. The molecule has 0 heterocycles. The van der Waals surface area contributed by atoms with Crippen molar-refractivity contribution in [1.82, 2.24) is 5.32 Å². The minimum absolute atomic E-state index is 0.240. The summed E-state index contributed by atoms with van der Waals surface area (Å²) in [4.78, 5) is 2.36. The largest absolute Gasteiger partial charge is 0.396 e. The quantitative estimate of drug-likeness (QED) is 0.693. The van der Waals surface area contributed by atoms with Gasteiger partial charge in [0.2, 0.25) is 0 Å². The van der Waals surface area contributed by atoms with Crippen molar-refractivity contribution in [3.05, 3.63) is 29.8 Å². The number of aliphatic hydroxyl groups is 1. The van der Waals surface area contributed by atoms with Crippen molar-refractivity contribution in [2.45, 2.75) is 47.1 Å². The molecule has 0 aliphatic carbocycles. The van der Waals surface area contributed by atoms with Crippen molar-refractivity contribution in [2.75, 3.05) is 31.1 Å². The summed E-state index contributed by atoms with van der Waals surface area (Å²) in [6, 6.07) is 8.84. The van der Waals surface area contributed by atoms with Crippen LogP contribution >= 0.6 is 0 Å². The van der Waals surface area contributed by atoms with Crippen molar-refractivity contribution < 1.29 is 5.11 Å². The summed E-state index contributed by atoms with van der Waals surface area (Å²) in [5.41, 5.74) is 2.86. The fraction of sp³-hybridized carbons (Fsp3) is 0.667. The highest BCUT2D eigenvalue weighted by Gasteiger charge is 2.16. The molecule has 3 heteroatoms. The first-order valence-electron chi connectivity index (χ1n) is 8.18. The molecule has 0 aliphatic rings. The molecular weight excluding hydrogens is 260 g/mol. The average Bonchev–Trinajstić information content (AvgIpc) is 2.48. The van der Waals surface area contributed by atoms with E-state index in [0.29, 0.717) is 0 Å². The van der Waals surface area contributed by atoms with Crippen molar-refractivity contribution in [2.24, 2.45) is 5.41 Å². The van der Waals surface area contributed by atoms with Crippen LogP contribution in [0.1, 0.15) is 46.1 Å². The van der Waals surface area contributed by atoms with Crippen LogP contribution in [-0.4, -0.2) is 31.3 Å². The van der Waals surface area contributed by atoms with Crippen LogP contribution in [0.3, 0.4) is 0 Å². The van der Waals surface area contributed by atoms with Crippen molar-refractivity contribution in [3.8, 4) is 0 Å². The number of nitrogens with zero attached hydrogens (tertiary/aromatic N) is 1. The summed E-state index contributed by atoms with van der Waals surface area (Å²) in [6.45, 7) is 13.1. The molecule has 0 aromatic heterocycles. The Morgan fingerprint density at radius 2 is 1.71 bits per heavy atom. The Kier molecular flexibility index (Phi) is 7.76. The van der Waals surface area contributed by atoms with Crippen LogP contribution in [-0.2, 0) is 6.54 Å². The van der Waals surface area contributed by atoms with Crippen molar-refractivity contribution in [3.63, 3.8) is 0 Å². The van der Waals surface area contributed by atoms with Gasteiger partial charge in [0.1, 0.15) is 0 Å². The zero-order valence-corrected chi connectivity index (χ0v) is 14.2. The fourth-order valence-corrected chi connectivity index (χ4v) is 2.60. The number of anilines is 1. The number of rotatable bonds is 10. The predicted molar refractivity (Wildman–Crippen MR) is 91.8 cm³/mol. The molecule has 0 radical (unpaired) electrons. The maximum absolute atomic E-state index is 8.92. The first-order chi connectivity index (χ1) is 10.0. The van der Waals surface area contributed by atoms with Crippen LogP contribution in [0.2, 0.25) is 0 Å². The van der Waals surface area contributed by atoms with E-state index in [-0.39, 0.29) is 12.0 Å². The molecule has 1 aromatic rings. The van der Waals surface area contributed by atoms with E-state index in [9.17, 15) is 0 Å². The van der Waals surface area contributed by atoms with Crippen LogP contribution in [0.4, 0.5) is 5.69 Å². The monoisotopic (exact) mass is 292 g/mol. The van der Waals surface area contributed by atoms with Gasteiger partial charge in [-0.2, -0.15) is 0 Å². The van der Waals surface area contributed by atoms with Crippen LogP contribution in [0.25, 0.3) is 0 Å². The Balaban J connectivity index is 2.42. The molecule has 0 unspecified atom stereocenters. The topological polar surface area (TPSA) is 35.5 Å². The zero-order chi connectivity index (χ0) is 15.7. The van der Waals surface area contributed by atoms with E-state index >= 15 is 0 Å². The second-order valence-corrected chi connectivity index (χ2v) is 6.43. The maximum Gasteiger partial charge on any atom is 0.0431 e. The Morgan fingerprint density at radius 1 is 1.10 bits per heavy atom. The van der Waals surface area contributed by atoms with E-state index in [0.717, 1.165) is 39.0 Å². The summed E-state index contributed by atoms with van der Waals surface area (Å²) in [5, 5.41) is 12.5. The number of hydrogen-bond acceptors (Lipinski definition) is 3. The lowest BCUT2D eigenvalue weighted by atomic mass is 9.88. The van der Waals surface area contributed by atoms with E-state index in [4.69, 9.17) is 5.11 Å². The highest BCUT2D eigenvalue weighted by molar-refractivity contribution is 5.47. The molecule has 21 heavy (non-hydrogen) atoms. The first kappa shape index (κ1) is 18.0. The van der Waals surface area contributed by atoms with Crippen LogP contribution in [0.5, 0.6) is 0 Å². The van der Waals surface area contributed by atoms with E-state index in [1.165, 1.54) is 11.3 Å². The second kappa shape index (κ2) is 9.06. The third kappa shape index (κ3) is 6.49. The molecule has 0 atom stereocenters. The lowest BCUT2D eigenvalue weighted by molar-refractivity contribution is 0.236. The standard InChI is InChI=1S/C18H32N2O/c1-5-20(6-2)17-10-8-16(9-11-17)14-19-15-18(3,4)12-7-13-21/h8-11,19,21H,5-7,12-15H2,1-4H3. The number of hydrogen-bond donors (Lipinski definition) is 2. The third-order valence-electron chi connectivity index (χ3n) is 4.01. The molecule has 2 N–H and O–H groups in total. The maximum atomic E-state index is 8.92. The summed E-state index contributed by atoms with van der Waals surface area (Å²) in [5.74, 6) is 0. The molecule has 3 nitrogen and oxygen atoms in total. The lowest BCUT2D eigenvalue weighted by Gasteiger charge is -2.25. The molecule has 0 fully saturated rings. The second-order valence-electron chi connectivity index (χ2n) is 6.43. The summed E-state index contributed by atoms with van der Waals surface area (Å²) < 4.78 is 0. The van der Waals surface area contributed by atoms with Gasteiger partial charge in [-0.15, -0.1) is 0 Å². The van der Waals surface area contributed by atoms with Gasteiger partial charge in [-0.1, -0.05) is 26.0 Å². The zero-order valence-electron chi connectivity index (χ0n) is 14.2. The van der Waals surface area contributed by atoms with Gasteiger partial charge in [0.15, 0.2) is 0 Å². The molecule has 0 saturated carbocycles. The van der Waals surface area contributed by atoms with Gasteiger partial charge in [-0.3, -0.25) is 0 Å². The lowest BCUT2D eigenvalue weighted by Crippen LogP contribution is -2.29. The fourth-order valence-electron chi connectivity index (χ4n) is 2.60. The first-order valence-corrected chi connectivity index (χ1v) is 8.18.